The fourth-order valence-electron chi connectivity index (χ4n) is 0.235. The van der Waals surface area contributed by atoms with Crippen molar-refractivity contribution >= 4 is 0 Å². The van der Waals surface area contributed by atoms with Crippen molar-refractivity contribution in [3.8, 4) is 0 Å². The average molecular weight is 124 g/mol. The summed E-state index contributed by atoms with van der Waals surface area (Å²) in [6.45, 7) is 5.03. The van der Waals surface area contributed by atoms with Crippen LogP contribution in [0.1, 0.15) is 13.3 Å². The van der Waals surface area contributed by atoms with Crippen LogP contribution in [0.3, 0.4) is 0 Å². The zero-order chi connectivity index (χ0) is 4.99. The molecule has 0 aromatic heterocycles. The molecule has 0 radical (unpaired) electrons. The van der Waals surface area contributed by atoms with Crippen LogP contribution < -0.4 is 56.5 Å². The summed E-state index contributed by atoms with van der Waals surface area (Å²) in [6.07, 6.45) is 1.75. The molecule has 0 aliphatic heterocycles. The summed E-state index contributed by atoms with van der Waals surface area (Å²) in [5, 5.41) is 10.1. The molecule has 7 heavy (non-hydrogen) atoms. The first kappa shape index (κ1) is 11.2. The molecule has 0 N–H and O–H groups in total. The normalized spacial score (nSPS) is 11.7. The Morgan fingerprint density at radius 1 is 1.86 bits per heavy atom. The minimum Gasteiger partial charge on any atom is -0.852 e. The maximum Gasteiger partial charge on any atom is 1.00 e. The molecule has 2 heteroatoms. The van der Waals surface area contributed by atoms with E-state index in [0.29, 0.717) is 6.42 Å². The first-order valence-corrected chi connectivity index (χ1v) is 2.04. The smallest absolute Gasteiger partial charge is 0.852 e. The molecule has 0 aliphatic rings. The molecule has 0 spiro atoms. The van der Waals surface area contributed by atoms with Crippen molar-refractivity contribution in [2.24, 2.45) is 0 Å². The Labute approximate surface area is 87.2 Å². The Morgan fingerprint density at radius 2 is 2.29 bits per heavy atom. The maximum absolute atomic E-state index is 10.1. The van der Waals surface area contributed by atoms with Crippen molar-refractivity contribution in [1.29, 1.82) is 0 Å². The third kappa shape index (κ3) is 11.1. The molecule has 0 amide bonds. The third-order valence-corrected chi connectivity index (χ3v) is 0.499. The zero-order valence-electron chi connectivity index (χ0n) is 4.98. The van der Waals surface area contributed by atoms with Crippen LogP contribution in [-0.2, 0) is 0 Å². The van der Waals surface area contributed by atoms with Crippen molar-refractivity contribution in [2.45, 2.75) is 19.4 Å². The van der Waals surface area contributed by atoms with Crippen LogP contribution in [-0.4, -0.2) is 6.10 Å². The van der Waals surface area contributed by atoms with E-state index in [1.807, 2.05) is 0 Å². The number of hydrogen-bond donors (Lipinski definition) is 0. The molecule has 1 atom stereocenters. The van der Waals surface area contributed by atoms with Crippen LogP contribution in [0.25, 0.3) is 0 Å². The summed E-state index contributed by atoms with van der Waals surface area (Å²) in [6, 6.07) is 0. The minimum atomic E-state index is -0.470. The van der Waals surface area contributed by atoms with E-state index in [0.717, 1.165) is 0 Å². The molecule has 36 valence electrons. The van der Waals surface area contributed by atoms with Crippen molar-refractivity contribution in [3.63, 3.8) is 0 Å². The second kappa shape index (κ2) is 7.34. The minimum absolute atomic E-state index is 0. The molecule has 0 heterocycles. The first-order chi connectivity index (χ1) is 2.77. The van der Waals surface area contributed by atoms with Gasteiger partial charge in [0.1, 0.15) is 0 Å². The van der Waals surface area contributed by atoms with Crippen LogP contribution in [0.4, 0.5) is 0 Å². The second-order valence-electron chi connectivity index (χ2n) is 1.33. The van der Waals surface area contributed by atoms with Crippen molar-refractivity contribution < 1.29 is 56.5 Å². The van der Waals surface area contributed by atoms with Gasteiger partial charge in [0.2, 0.25) is 0 Å². The monoisotopic (exact) mass is 124 g/mol. The van der Waals surface area contributed by atoms with Gasteiger partial charge in [-0.2, -0.15) is 0 Å². The molecular weight excluding hydrogens is 115 g/mol. The Morgan fingerprint density at radius 3 is 2.29 bits per heavy atom. The quantitative estimate of drug-likeness (QED) is 0.290. The molecule has 1 unspecified atom stereocenters. The van der Waals surface area contributed by atoms with E-state index in [-0.39, 0.29) is 51.4 Å². The Kier molecular flexibility index (Phi) is 11.7. The fraction of sp³-hybridized carbons (Fsp3) is 0.600. The summed E-state index contributed by atoms with van der Waals surface area (Å²) in [5.74, 6) is 0. The molecule has 0 bridgehead atoms. The van der Waals surface area contributed by atoms with Gasteiger partial charge in [0.25, 0.3) is 0 Å². The van der Waals surface area contributed by atoms with Crippen LogP contribution in [0, 0.1) is 0 Å². The average Bonchev–Trinajstić information content (AvgIpc) is 1.35. The van der Waals surface area contributed by atoms with Gasteiger partial charge in [-0.15, -0.1) is 12.7 Å². The third-order valence-electron chi connectivity index (χ3n) is 0.499. The Hall–Kier alpha value is 1.34. The maximum atomic E-state index is 10.1. The van der Waals surface area contributed by atoms with Gasteiger partial charge in [-0.3, -0.25) is 0 Å². The van der Waals surface area contributed by atoms with Crippen molar-refractivity contribution in [3.05, 3.63) is 12.7 Å². The van der Waals surface area contributed by atoms with E-state index in [9.17, 15) is 5.11 Å². The van der Waals surface area contributed by atoms with Crippen LogP contribution in [0.5, 0.6) is 0 Å². The Bertz CT molecular complexity index is 43.3. The molecule has 0 fully saturated rings. The van der Waals surface area contributed by atoms with Crippen LogP contribution in [0.2, 0.25) is 0 Å². The van der Waals surface area contributed by atoms with Gasteiger partial charge in [-0.1, -0.05) is 13.0 Å². The van der Waals surface area contributed by atoms with E-state index in [1.165, 1.54) is 0 Å². The van der Waals surface area contributed by atoms with Gasteiger partial charge in [0, 0.05) is 0 Å². The summed E-state index contributed by atoms with van der Waals surface area (Å²) < 4.78 is 0. The van der Waals surface area contributed by atoms with Gasteiger partial charge in [-0.25, -0.2) is 0 Å². The Balaban J connectivity index is 0. The predicted octanol–water partition coefficient (Wildman–Crippen LogP) is -2.68. The topological polar surface area (TPSA) is 23.1 Å². The SMILES string of the molecule is C=CCC(C)[O-].[K+]. The summed E-state index contributed by atoms with van der Waals surface area (Å²) in [4.78, 5) is 0. The standard InChI is InChI=1S/C5H9O.K/c1-3-4-5(2)6;/h3,5H,1,4H2,2H3;/q-1;+1. The van der Waals surface area contributed by atoms with Gasteiger partial charge >= 0.3 is 51.4 Å². The molecule has 1 nitrogen and oxygen atoms in total. The van der Waals surface area contributed by atoms with E-state index in [1.54, 1.807) is 13.0 Å². The van der Waals surface area contributed by atoms with Crippen LogP contribution in [0.15, 0.2) is 12.7 Å². The first-order valence-electron chi connectivity index (χ1n) is 2.04. The molecule has 0 aliphatic carbocycles. The molecule has 0 rings (SSSR count). The van der Waals surface area contributed by atoms with Crippen molar-refractivity contribution in [2.75, 3.05) is 0 Å². The molecule has 0 aromatic carbocycles. The van der Waals surface area contributed by atoms with E-state index in [4.69, 9.17) is 0 Å². The second-order valence-corrected chi connectivity index (χ2v) is 1.33. The van der Waals surface area contributed by atoms with E-state index in [2.05, 4.69) is 6.58 Å². The number of hydrogen-bond acceptors (Lipinski definition) is 1. The van der Waals surface area contributed by atoms with Gasteiger partial charge < -0.3 is 5.11 Å². The fourth-order valence-corrected chi connectivity index (χ4v) is 0.235. The van der Waals surface area contributed by atoms with Crippen molar-refractivity contribution in [1.82, 2.24) is 0 Å². The molecule has 0 aromatic rings. The number of rotatable bonds is 2. The molecule has 0 saturated heterocycles. The van der Waals surface area contributed by atoms with E-state index >= 15 is 0 Å². The van der Waals surface area contributed by atoms with E-state index < -0.39 is 6.10 Å². The van der Waals surface area contributed by atoms with Gasteiger partial charge in [-0.05, 0) is 6.42 Å². The van der Waals surface area contributed by atoms with Gasteiger partial charge in [0.15, 0.2) is 0 Å². The summed E-state index contributed by atoms with van der Waals surface area (Å²) in [5.41, 5.74) is 0. The molecule has 0 saturated carbocycles. The van der Waals surface area contributed by atoms with Gasteiger partial charge in [0.05, 0.1) is 0 Å². The molecular formula is C5H9KO. The van der Waals surface area contributed by atoms with Crippen LogP contribution >= 0.6 is 0 Å². The predicted molar refractivity (Wildman–Crippen MR) is 24.3 cm³/mol. The summed E-state index contributed by atoms with van der Waals surface area (Å²) >= 11 is 0. The largest absolute Gasteiger partial charge is 1.00 e. The summed E-state index contributed by atoms with van der Waals surface area (Å²) in [7, 11) is 0. The zero-order valence-corrected chi connectivity index (χ0v) is 8.10.